The highest BCUT2D eigenvalue weighted by atomic mass is 15.1. The van der Waals surface area contributed by atoms with E-state index in [1.54, 1.807) is 0 Å². The Kier molecular flexibility index (Phi) is 5.04. The minimum Gasteiger partial charge on any atom is -0.313 e. The molecule has 0 aromatic heterocycles. The standard InChI is InChI=1S/C18H34N2/c1-20(17-6-2-3-7-17)15-14-19-16-8-12-18(13-9-16)10-4-5-11-18/h16-17,19H,2-15H2,1H3. The van der Waals surface area contributed by atoms with Crippen molar-refractivity contribution in [2.75, 3.05) is 20.1 Å². The van der Waals surface area contributed by atoms with Crippen LogP contribution in [0.15, 0.2) is 0 Å². The van der Waals surface area contributed by atoms with Gasteiger partial charge in [0.25, 0.3) is 0 Å². The molecule has 3 saturated carbocycles. The van der Waals surface area contributed by atoms with Crippen molar-refractivity contribution in [1.82, 2.24) is 10.2 Å². The van der Waals surface area contributed by atoms with Gasteiger partial charge in [0.1, 0.15) is 0 Å². The summed E-state index contributed by atoms with van der Waals surface area (Å²) in [5.74, 6) is 0. The molecule has 0 radical (unpaired) electrons. The van der Waals surface area contributed by atoms with E-state index in [0.29, 0.717) is 0 Å². The molecule has 2 nitrogen and oxygen atoms in total. The Morgan fingerprint density at radius 1 is 0.900 bits per heavy atom. The van der Waals surface area contributed by atoms with Crippen molar-refractivity contribution >= 4 is 0 Å². The second kappa shape index (κ2) is 6.79. The van der Waals surface area contributed by atoms with E-state index in [2.05, 4.69) is 17.3 Å². The highest BCUT2D eigenvalue weighted by Gasteiger charge is 2.37. The van der Waals surface area contributed by atoms with E-state index in [1.807, 2.05) is 0 Å². The van der Waals surface area contributed by atoms with Gasteiger partial charge in [-0.05, 0) is 63.8 Å². The summed E-state index contributed by atoms with van der Waals surface area (Å²) in [6.45, 7) is 2.44. The van der Waals surface area contributed by atoms with Crippen LogP contribution in [0.2, 0.25) is 0 Å². The first-order valence-corrected chi connectivity index (χ1v) is 9.21. The van der Waals surface area contributed by atoms with Crippen molar-refractivity contribution < 1.29 is 0 Å². The topological polar surface area (TPSA) is 15.3 Å². The Labute approximate surface area is 125 Å². The van der Waals surface area contributed by atoms with Crippen LogP contribution in [0.1, 0.15) is 77.0 Å². The van der Waals surface area contributed by atoms with Crippen molar-refractivity contribution in [3.63, 3.8) is 0 Å². The number of hydrogen-bond acceptors (Lipinski definition) is 2. The summed E-state index contributed by atoms with van der Waals surface area (Å²) in [7, 11) is 2.33. The van der Waals surface area contributed by atoms with Crippen molar-refractivity contribution in [1.29, 1.82) is 0 Å². The smallest absolute Gasteiger partial charge is 0.0107 e. The highest BCUT2D eigenvalue weighted by Crippen LogP contribution is 2.48. The highest BCUT2D eigenvalue weighted by molar-refractivity contribution is 4.91. The number of hydrogen-bond donors (Lipinski definition) is 1. The Morgan fingerprint density at radius 3 is 2.20 bits per heavy atom. The first kappa shape index (κ1) is 14.8. The Balaban J connectivity index is 1.31. The second-order valence-corrected chi connectivity index (χ2v) is 7.85. The Morgan fingerprint density at radius 2 is 1.55 bits per heavy atom. The van der Waals surface area contributed by atoms with E-state index in [-0.39, 0.29) is 0 Å². The summed E-state index contributed by atoms with van der Waals surface area (Å²) >= 11 is 0. The van der Waals surface area contributed by atoms with Crippen LogP contribution in [0.3, 0.4) is 0 Å². The second-order valence-electron chi connectivity index (χ2n) is 7.85. The van der Waals surface area contributed by atoms with Crippen LogP contribution in [0, 0.1) is 5.41 Å². The quantitative estimate of drug-likeness (QED) is 0.819. The zero-order chi connectivity index (χ0) is 13.8. The van der Waals surface area contributed by atoms with Crippen molar-refractivity contribution in [3.05, 3.63) is 0 Å². The van der Waals surface area contributed by atoms with E-state index in [4.69, 9.17) is 0 Å². The van der Waals surface area contributed by atoms with Crippen LogP contribution >= 0.6 is 0 Å². The van der Waals surface area contributed by atoms with Gasteiger partial charge in [-0.3, -0.25) is 0 Å². The van der Waals surface area contributed by atoms with E-state index in [0.717, 1.165) is 17.5 Å². The molecule has 0 amide bonds. The molecular formula is C18H34N2. The third-order valence-electron chi connectivity index (χ3n) is 6.56. The van der Waals surface area contributed by atoms with E-state index < -0.39 is 0 Å². The summed E-state index contributed by atoms with van der Waals surface area (Å²) in [4.78, 5) is 2.60. The molecule has 0 heterocycles. The molecule has 0 bridgehead atoms. The fourth-order valence-electron chi connectivity index (χ4n) is 5.03. The third-order valence-corrected chi connectivity index (χ3v) is 6.56. The minimum absolute atomic E-state index is 0.790. The average molecular weight is 278 g/mol. The number of likely N-dealkylation sites (N-methyl/N-ethyl adjacent to an activating group) is 1. The zero-order valence-corrected chi connectivity index (χ0v) is 13.5. The fourth-order valence-corrected chi connectivity index (χ4v) is 5.03. The molecule has 0 unspecified atom stereocenters. The first-order chi connectivity index (χ1) is 9.77. The van der Waals surface area contributed by atoms with Gasteiger partial charge in [-0.1, -0.05) is 25.7 Å². The lowest BCUT2D eigenvalue weighted by Crippen LogP contribution is -2.41. The fraction of sp³-hybridized carbons (Fsp3) is 1.00. The molecule has 0 aromatic carbocycles. The van der Waals surface area contributed by atoms with Gasteiger partial charge in [-0.15, -0.1) is 0 Å². The van der Waals surface area contributed by atoms with Crippen molar-refractivity contribution in [3.8, 4) is 0 Å². The average Bonchev–Trinajstić information content (AvgIpc) is 3.13. The number of nitrogens with one attached hydrogen (secondary N) is 1. The van der Waals surface area contributed by atoms with Gasteiger partial charge in [-0.2, -0.15) is 0 Å². The predicted octanol–water partition coefficient (Wildman–Crippen LogP) is 3.95. The summed E-state index contributed by atoms with van der Waals surface area (Å²) in [5, 5.41) is 3.84. The maximum atomic E-state index is 3.84. The normalized spacial score (nSPS) is 27.9. The summed E-state index contributed by atoms with van der Waals surface area (Å²) in [6.07, 6.45) is 17.7. The summed E-state index contributed by atoms with van der Waals surface area (Å²) < 4.78 is 0. The number of rotatable bonds is 5. The van der Waals surface area contributed by atoms with Gasteiger partial charge in [0.05, 0.1) is 0 Å². The van der Waals surface area contributed by atoms with Gasteiger partial charge in [0.2, 0.25) is 0 Å². The Bertz CT molecular complexity index is 280. The van der Waals surface area contributed by atoms with E-state index in [1.165, 1.54) is 90.1 Å². The van der Waals surface area contributed by atoms with Gasteiger partial charge in [0.15, 0.2) is 0 Å². The first-order valence-electron chi connectivity index (χ1n) is 9.21. The monoisotopic (exact) mass is 278 g/mol. The molecule has 3 rings (SSSR count). The van der Waals surface area contributed by atoms with Crippen LogP contribution in [-0.2, 0) is 0 Å². The predicted molar refractivity (Wildman–Crippen MR) is 86.0 cm³/mol. The molecule has 3 aliphatic carbocycles. The summed E-state index contributed by atoms with van der Waals surface area (Å²) in [6, 6.07) is 1.70. The Hall–Kier alpha value is -0.0800. The van der Waals surface area contributed by atoms with Crippen LogP contribution < -0.4 is 5.32 Å². The third kappa shape index (κ3) is 3.57. The van der Waals surface area contributed by atoms with Crippen molar-refractivity contribution in [2.45, 2.75) is 89.1 Å². The molecule has 0 atom stereocenters. The van der Waals surface area contributed by atoms with Crippen molar-refractivity contribution in [2.24, 2.45) is 5.41 Å². The molecule has 1 N–H and O–H groups in total. The summed E-state index contributed by atoms with van der Waals surface area (Å²) in [5.41, 5.74) is 0.790. The molecule has 3 fully saturated rings. The van der Waals surface area contributed by atoms with Gasteiger partial charge in [-0.25, -0.2) is 0 Å². The van der Waals surface area contributed by atoms with Crippen LogP contribution in [0.5, 0.6) is 0 Å². The molecule has 0 aromatic rings. The maximum absolute atomic E-state index is 3.84. The van der Waals surface area contributed by atoms with Gasteiger partial charge < -0.3 is 10.2 Å². The van der Waals surface area contributed by atoms with Crippen LogP contribution in [0.25, 0.3) is 0 Å². The molecule has 116 valence electrons. The SMILES string of the molecule is CN(CCNC1CCC2(CCCC2)CC1)C1CCCC1. The molecule has 2 heteroatoms. The largest absolute Gasteiger partial charge is 0.313 e. The van der Waals surface area contributed by atoms with Gasteiger partial charge >= 0.3 is 0 Å². The zero-order valence-electron chi connectivity index (χ0n) is 13.5. The molecular weight excluding hydrogens is 244 g/mol. The van der Waals surface area contributed by atoms with Gasteiger partial charge in [0, 0.05) is 25.2 Å². The van der Waals surface area contributed by atoms with Crippen LogP contribution in [-0.4, -0.2) is 37.1 Å². The van der Waals surface area contributed by atoms with E-state index in [9.17, 15) is 0 Å². The lowest BCUT2D eigenvalue weighted by atomic mass is 9.71. The van der Waals surface area contributed by atoms with E-state index >= 15 is 0 Å². The lowest BCUT2D eigenvalue weighted by molar-refractivity contribution is 0.164. The van der Waals surface area contributed by atoms with Crippen LogP contribution in [0.4, 0.5) is 0 Å². The lowest BCUT2D eigenvalue weighted by Gasteiger charge is -2.38. The maximum Gasteiger partial charge on any atom is 0.0107 e. The molecule has 3 aliphatic rings. The number of nitrogens with zero attached hydrogens (tertiary/aromatic N) is 1. The molecule has 20 heavy (non-hydrogen) atoms. The molecule has 1 spiro atoms. The minimum atomic E-state index is 0.790. The molecule has 0 saturated heterocycles. The molecule has 0 aliphatic heterocycles.